The quantitative estimate of drug-likeness (QED) is 0.490. The molecule has 0 aromatic carbocycles. The summed E-state index contributed by atoms with van der Waals surface area (Å²) in [6, 6.07) is 2.59. The Morgan fingerprint density at radius 3 is 1.12 bits per heavy atom. The fourth-order valence-corrected chi connectivity index (χ4v) is 7.09. The number of nitrogens with zero attached hydrogens (tertiary/aromatic N) is 6. The summed E-state index contributed by atoms with van der Waals surface area (Å²) in [7, 11) is 18.4. The van der Waals surface area contributed by atoms with E-state index in [1.54, 1.807) is 0 Å². The smallest absolute Gasteiger partial charge is 0.0797 e. The molecule has 5 saturated heterocycles. The molecule has 0 atom stereocenters. The van der Waals surface area contributed by atoms with Crippen molar-refractivity contribution in [3.05, 3.63) is 0 Å². The van der Waals surface area contributed by atoms with E-state index >= 15 is 0 Å². The van der Waals surface area contributed by atoms with Gasteiger partial charge in [-0.25, -0.2) is 0 Å². The van der Waals surface area contributed by atoms with Crippen molar-refractivity contribution in [1.29, 1.82) is 0 Å². The number of likely N-dealkylation sites (tertiary alicyclic amines) is 4. The maximum atomic E-state index is 3.33. The fraction of sp³-hybridized carbons (Fsp3) is 1.00. The monoisotopic (exact) mass is 599 g/mol. The van der Waals surface area contributed by atoms with E-state index in [2.05, 4.69) is 76.4 Å². The minimum atomic E-state index is 0.783. The van der Waals surface area contributed by atoms with Gasteiger partial charge in [-0.3, -0.25) is 9.80 Å². The van der Waals surface area contributed by atoms with Gasteiger partial charge in [0.05, 0.1) is 81.6 Å². The van der Waals surface area contributed by atoms with Crippen molar-refractivity contribution in [2.75, 3.05) is 135 Å². The van der Waals surface area contributed by atoms with Crippen molar-refractivity contribution in [3.63, 3.8) is 0 Å². The molecule has 5 rings (SSSR count). The lowest BCUT2D eigenvalue weighted by Crippen LogP contribution is -2.55. The van der Waals surface area contributed by atoms with E-state index in [4.69, 9.17) is 0 Å². The van der Waals surface area contributed by atoms with Gasteiger partial charge in [0.25, 0.3) is 0 Å². The number of rotatable bonds is 3. The molecule has 5 fully saturated rings. The normalized spacial score (nSPS) is 27.1. The molecule has 0 spiro atoms. The first-order chi connectivity index (χ1) is 19.9. The largest absolute Gasteiger partial charge is 0.328 e. The van der Waals surface area contributed by atoms with Crippen LogP contribution < -0.4 is 5.32 Å². The zero-order chi connectivity index (χ0) is 31.8. The molecular weight excluding hydrogens is 518 g/mol. The molecule has 5 aliphatic rings. The van der Waals surface area contributed by atoms with Gasteiger partial charge >= 0.3 is 0 Å². The van der Waals surface area contributed by atoms with Gasteiger partial charge in [0, 0.05) is 82.8 Å². The Bertz CT molecular complexity index is 636. The highest BCUT2D eigenvalue weighted by Crippen LogP contribution is 2.23. The van der Waals surface area contributed by atoms with E-state index in [0.29, 0.717) is 0 Å². The molecule has 0 radical (unpaired) electrons. The van der Waals surface area contributed by atoms with Crippen molar-refractivity contribution >= 4 is 0 Å². The van der Waals surface area contributed by atoms with Crippen LogP contribution in [0.2, 0.25) is 0 Å². The summed E-state index contributed by atoms with van der Waals surface area (Å²) in [5, 5.41) is 3.33. The van der Waals surface area contributed by atoms with Crippen LogP contribution in [0.1, 0.15) is 79.1 Å². The van der Waals surface area contributed by atoms with Gasteiger partial charge in [-0.2, -0.15) is 0 Å². The molecule has 5 heterocycles. The van der Waals surface area contributed by atoms with Crippen LogP contribution in [-0.4, -0.2) is 181 Å². The number of likely N-dealkylation sites (N-methyl/N-ethyl adjacent to an activating group) is 1. The van der Waals surface area contributed by atoms with Gasteiger partial charge in [0.2, 0.25) is 0 Å². The van der Waals surface area contributed by atoms with Crippen LogP contribution in [0.3, 0.4) is 0 Å². The molecule has 7 nitrogen and oxygen atoms in total. The second-order valence-electron chi connectivity index (χ2n) is 15.3. The number of piperazine rings is 1. The highest BCUT2D eigenvalue weighted by Gasteiger charge is 2.32. The van der Waals surface area contributed by atoms with Gasteiger partial charge < -0.3 is 23.7 Å². The van der Waals surface area contributed by atoms with Crippen LogP contribution in [0.4, 0.5) is 0 Å². The molecule has 0 bridgehead atoms. The van der Waals surface area contributed by atoms with Gasteiger partial charge in [0.1, 0.15) is 0 Å². The van der Waals surface area contributed by atoms with Crippen LogP contribution in [0.25, 0.3) is 0 Å². The average molecular weight is 599 g/mol. The van der Waals surface area contributed by atoms with Crippen LogP contribution in [0.5, 0.6) is 0 Å². The molecule has 0 aromatic heterocycles. The summed E-state index contributed by atoms with van der Waals surface area (Å²) < 4.78 is 3.67. The molecule has 0 aromatic rings. The Kier molecular flexibility index (Phi) is 18.9. The summed E-state index contributed by atoms with van der Waals surface area (Å²) in [4.78, 5) is 7.89. The van der Waals surface area contributed by atoms with Crippen molar-refractivity contribution in [2.24, 2.45) is 0 Å². The number of hydrogen-bond acceptors (Lipinski definition) is 4. The first-order valence-electron chi connectivity index (χ1n) is 18.2. The third-order valence-corrected chi connectivity index (χ3v) is 10.6. The fourth-order valence-electron chi connectivity index (χ4n) is 7.09. The van der Waals surface area contributed by atoms with Crippen LogP contribution >= 0.6 is 0 Å². The van der Waals surface area contributed by atoms with Gasteiger partial charge in [0.15, 0.2) is 0 Å². The number of hydrogen-bond donors (Lipinski definition) is 1. The van der Waals surface area contributed by atoms with Crippen LogP contribution in [-0.2, 0) is 0 Å². The summed E-state index contributed by atoms with van der Waals surface area (Å²) in [6.07, 6.45) is 11.2. The van der Waals surface area contributed by atoms with E-state index in [-0.39, 0.29) is 0 Å². The summed E-state index contributed by atoms with van der Waals surface area (Å²) >= 11 is 0. The molecule has 42 heavy (non-hydrogen) atoms. The maximum Gasteiger partial charge on any atom is 0.0797 e. The Morgan fingerprint density at radius 2 is 0.786 bits per heavy atom. The predicted octanol–water partition coefficient (Wildman–Crippen LogP) is 4.29. The molecule has 1 N–H and O–H groups in total. The lowest BCUT2D eigenvalue weighted by Gasteiger charge is -2.43. The van der Waals surface area contributed by atoms with E-state index in [1.807, 2.05) is 27.7 Å². The second-order valence-corrected chi connectivity index (χ2v) is 15.3. The molecule has 0 unspecified atom stereocenters. The Labute approximate surface area is 265 Å². The van der Waals surface area contributed by atoms with Crippen molar-refractivity contribution < 1.29 is 13.4 Å². The summed E-state index contributed by atoms with van der Waals surface area (Å²) in [5.41, 5.74) is 0. The van der Waals surface area contributed by atoms with Crippen LogP contribution in [0, 0.1) is 0 Å². The number of quaternary nitrogens is 3. The second kappa shape index (κ2) is 20.0. The van der Waals surface area contributed by atoms with Crippen molar-refractivity contribution in [3.8, 4) is 0 Å². The first-order valence-corrected chi connectivity index (χ1v) is 18.2. The zero-order valence-corrected chi connectivity index (χ0v) is 31.1. The lowest BCUT2D eigenvalue weighted by atomic mass is 10.0. The topological polar surface area (TPSA) is 21.8 Å². The standard InChI is InChI=1S/C12H26N3.C11H23N2.C8H19N2.2C2H6/c1-13-6-8-14(9-7-13)12-4-10-15(2,3)11-5-12;1-13(2)9-5-11(6-10-13)12-7-3-4-8-12;1-9-8-4-6-10(2,3)7-5-8;2*1-2/h12H,4-11H2,1-3H3;11H,3-10H2,1-2H3;8-9H,4-7H2,1-3H3;2*1-2H3/q3*+1;;. The van der Waals surface area contributed by atoms with Crippen LogP contribution in [0.15, 0.2) is 0 Å². The van der Waals surface area contributed by atoms with Gasteiger partial charge in [-0.05, 0) is 40.0 Å². The lowest BCUT2D eigenvalue weighted by molar-refractivity contribution is -0.895. The third-order valence-electron chi connectivity index (χ3n) is 10.6. The van der Waals surface area contributed by atoms with Gasteiger partial charge in [-0.1, -0.05) is 27.7 Å². The minimum Gasteiger partial charge on any atom is -0.328 e. The average Bonchev–Trinajstić information content (AvgIpc) is 3.52. The first kappa shape index (κ1) is 39.7. The summed E-state index contributed by atoms with van der Waals surface area (Å²) in [5.74, 6) is 0. The maximum absolute atomic E-state index is 3.33. The molecular formula is C35H80N7+3. The molecule has 252 valence electrons. The molecule has 0 amide bonds. The Morgan fingerprint density at radius 1 is 0.476 bits per heavy atom. The van der Waals surface area contributed by atoms with E-state index in [0.717, 1.165) is 18.1 Å². The SMILES string of the molecule is CC.CC.CN1CCN(C2CC[N+](C)(C)CC2)CC1.CNC1CC[N+](C)(C)CC1.C[N+]1(C)CCC(N2CCCC2)CC1. The van der Waals surface area contributed by atoms with Crippen molar-refractivity contribution in [1.82, 2.24) is 20.0 Å². The zero-order valence-electron chi connectivity index (χ0n) is 31.1. The molecule has 7 heteroatoms. The van der Waals surface area contributed by atoms with E-state index < -0.39 is 0 Å². The number of piperidine rings is 3. The molecule has 0 aliphatic carbocycles. The summed E-state index contributed by atoms with van der Waals surface area (Å²) in [6.45, 7) is 24.0. The molecule has 5 aliphatic heterocycles. The number of nitrogens with one attached hydrogen (secondary N) is 1. The highest BCUT2D eigenvalue weighted by molar-refractivity contribution is 4.80. The van der Waals surface area contributed by atoms with E-state index in [1.165, 1.54) is 143 Å². The van der Waals surface area contributed by atoms with Crippen molar-refractivity contribution in [2.45, 2.75) is 97.2 Å². The van der Waals surface area contributed by atoms with Gasteiger partial charge in [-0.15, -0.1) is 0 Å². The predicted molar refractivity (Wildman–Crippen MR) is 186 cm³/mol. The minimum absolute atomic E-state index is 0.783. The Hall–Kier alpha value is -0.280. The Balaban J connectivity index is 0.000000302. The van der Waals surface area contributed by atoms with E-state index in [9.17, 15) is 0 Å². The third kappa shape index (κ3) is 15.1. The molecule has 0 saturated carbocycles. The highest BCUT2D eigenvalue weighted by atomic mass is 15.3.